The largest absolute Gasteiger partial charge is 0.487 e. The van der Waals surface area contributed by atoms with Gasteiger partial charge in [0.25, 0.3) is 5.91 Å². The zero-order valence-corrected chi connectivity index (χ0v) is 23.2. The van der Waals surface area contributed by atoms with Crippen molar-refractivity contribution in [2.75, 3.05) is 33.2 Å². The molecule has 0 aliphatic carbocycles. The van der Waals surface area contributed by atoms with Gasteiger partial charge in [-0.25, -0.2) is 0 Å². The minimum atomic E-state index is -0.850. The van der Waals surface area contributed by atoms with Crippen LogP contribution in [0, 0.1) is 5.92 Å². The third-order valence-corrected chi connectivity index (χ3v) is 7.73. The lowest BCUT2D eigenvalue weighted by Gasteiger charge is -2.41. The number of aliphatic hydroxyl groups is 1. The molecule has 8 heteroatoms. The number of hydrogen-bond acceptors (Lipinski definition) is 6. The van der Waals surface area contributed by atoms with Gasteiger partial charge in [0.1, 0.15) is 18.1 Å². The maximum atomic E-state index is 13.5. The van der Waals surface area contributed by atoms with E-state index in [4.69, 9.17) is 16.3 Å². The van der Waals surface area contributed by atoms with Crippen LogP contribution in [0.25, 0.3) is 0 Å². The van der Waals surface area contributed by atoms with Crippen molar-refractivity contribution in [1.82, 2.24) is 20.4 Å². The number of likely N-dealkylation sites (N-methyl/N-ethyl adjacent to an activating group) is 1. The number of halogens is 1. The van der Waals surface area contributed by atoms with Crippen LogP contribution in [0.1, 0.15) is 61.3 Å². The molecule has 1 unspecified atom stereocenters. The first-order valence-corrected chi connectivity index (χ1v) is 13.8. The summed E-state index contributed by atoms with van der Waals surface area (Å²) in [6, 6.07) is 13.7. The summed E-state index contributed by atoms with van der Waals surface area (Å²) in [7, 11) is 2.08. The number of aliphatic hydroxyl groups excluding tert-OH is 1. The second kappa shape index (κ2) is 12.6. The van der Waals surface area contributed by atoms with Crippen molar-refractivity contribution in [3.8, 4) is 5.75 Å². The lowest BCUT2D eigenvalue weighted by atomic mass is 9.97. The van der Waals surface area contributed by atoms with E-state index in [1.807, 2.05) is 42.5 Å². The summed E-state index contributed by atoms with van der Waals surface area (Å²) in [5, 5.41) is 18.7. The van der Waals surface area contributed by atoms with Crippen LogP contribution in [0.2, 0.25) is 5.02 Å². The molecule has 1 fully saturated rings. The van der Waals surface area contributed by atoms with Crippen LogP contribution in [-0.2, 0) is 6.54 Å². The number of ether oxygens (including phenoxy) is 1. The highest BCUT2D eigenvalue weighted by Crippen LogP contribution is 2.37. The van der Waals surface area contributed by atoms with Gasteiger partial charge >= 0.3 is 0 Å². The monoisotopic (exact) mass is 528 g/mol. The number of benzene rings is 2. The molecule has 1 saturated heterocycles. The number of nitrogens with one attached hydrogen (secondary N) is 2. The molecule has 202 valence electrons. The summed E-state index contributed by atoms with van der Waals surface area (Å²) in [5.41, 5.74) is 2.30. The Morgan fingerprint density at radius 2 is 1.92 bits per heavy atom. The van der Waals surface area contributed by atoms with Crippen LogP contribution in [0.15, 0.2) is 42.5 Å². The molecule has 3 atom stereocenters. The predicted octanol–water partition coefficient (Wildman–Crippen LogP) is 4.05. The number of nitrogens with zero attached hydrogens (tertiary/aromatic N) is 2. The van der Waals surface area contributed by atoms with Gasteiger partial charge in [-0.05, 0) is 70.6 Å². The SMILES string of the molecule is CC(C)N1C[C@H](C)[C@@H](CN(C)Cc2ccc(Cl)cc2)Oc2c(C(=O)NC3CCNCC3)cccc2C1O. The van der Waals surface area contributed by atoms with Crippen molar-refractivity contribution < 1.29 is 14.6 Å². The molecule has 7 nitrogen and oxygen atoms in total. The molecule has 2 aliphatic rings. The van der Waals surface area contributed by atoms with E-state index in [0.717, 1.165) is 37.5 Å². The lowest BCUT2D eigenvalue weighted by Crippen LogP contribution is -2.47. The van der Waals surface area contributed by atoms with Crippen LogP contribution in [0.4, 0.5) is 0 Å². The highest BCUT2D eigenvalue weighted by Gasteiger charge is 2.35. The molecule has 2 aromatic rings. The van der Waals surface area contributed by atoms with Gasteiger partial charge in [-0.3, -0.25) is 14.6 Å². The molecule has 0 bridgehead atoms. The fraction of sp³-hybridized carbons (Fsp3) is 0.552. The number of piperidine rings is 1. The van der Waals surface area contributed by atoms with E-state index >= 15 is 0 Å². The molecule has 0 aromatic heterocycles. The Labute approximate surface area is 226 Å². The van der Waals surface area contributed by atoms with Crippen molar-refractivity contribution in [3.63, 3.8) is 0 Å². The molecule has 0 spiro atoms. The van der Waals surface area contributed by atoms with Gasteiger partial charge in [0.15, 0.2) is 0 Å². The summed E-state index contributed by atoms with van der Waals surface area (Å²) in [5.74, 6) is 0.468. The van der Waals surface area contributed by atoms with Gasteiger partial charge in [0, 0.05) is 48.2 Å². The van der Waals surface area contributed by atoms with Gasteiger partial charge in [-0.2, -0.15) is 0 Å². The fourth-order valence-electron chi connectivity index (χ4n) is 5.28. The van der Waals surface area contributed by atoms with Crippen LogP contribution in [0.3, 0.4) is 0 Å². The first-order chi connectivity index (χ1) is 17.7. The van der Waals surface area contributed by atoms with Gasteiger partial charge in [-0.1, -0.05) is 42.8 Å². The van der Waals surface area contributed by atoms with Crippen molar-refractivity contribution in [1.29, 1.82) is 0 Å². The van der Waals surface area contributed by atoms with Crippen molar-refractivity contribution in [2.24, 2.45) is 5.92 Å². The van der Waals surface area contributed by atoms with E-state index in [-0.39, 0.29) is 30.0 Å². The number of hydrogen-bond donors (Lipinski definition) is 3. The Morgan fingerprint density at radius 1 is 1.22 bits per heavy atom. The van der Waals surface area contributed by atoms with E-state index in [9.17, 15) is 9.90 Å². The molecule has 4 rings (SSSR count). The Morgan fingerprint density at radius 3 is 2.59 bits per heavy atom. The highest BCUT2D eigenvalue weighted by atomic mass is 35.5. The molecule has 1 amide bonds. The van der Waals surface area contributed by atoms with Gasteiger partial charge < -0.3 is 20.5 Å². The van der Waals surface area contributed by atoms with Crippen LogP contribution in [-0.4, -0.2) is 72.2 Å². The number of para-hydroxylation sites is 1. The molecule has 2 heterocycles. The Hall–Kier alpha value is -2.16. The van der Waals surface area contributed by atoms with Crippen molar-refractivity contribution in [3.05, 3.63) is 64.2 Å². The maximum Gasteiger partial charge on any atom is 0.255 e. The molecule has 2 aliphatic heterocycles. The van der Waals surface area contributed by atoms with E-state index in [0.29, 0.717) is 30.0 Å². The Bertz CT molecular complexity index is 1040. The van der Waals surface area contributed by atoms with Crippen LogP contribution < -0.4 is 15.4 Å². The van der Waals surface area contributed by atoms with E-state index in [1.165, 1.54) is 5.56 Å². The summed E-state index contributed by atoms with van der Waals surface area (Å²) in [4.78, 5) is 17.8. The summed E-state index contributed by atoms with van der Waals surface area (Å²) < 4.78 is 6.69. The van der Waals surface area contributed by atoms with Crippen molar-refractivity contribution >= 4 is 17.5 Å². The molecule has 0 radical (unpaired) electrons. The van der Waals surface area contributed by atoms with Crippen LogP contribution >= 0.6 is 11.6 Å². The standard InChI is InChI=1S/C29H41ClN4O3/c1-19(2)34-16-20(3)26(18-33(4)17-21-8-10-22(30)11-9-21)37-27-24(6-5-7-25(27)29(34)36)28(35)32-23-12-14-31-15-13-23/h5-11,19-20,23,26,29,31,36H,12-18H2,1-4H3,(H,32,35)/t20-,26+,29?/m0/s1. The molecular formula is C29H41ClN4O3. The number of fused-ring (bicyclic) bond motifs is 1. The Balaban J connectivity index is 1.61. The molecule has 37 heavy (non-hydrogen) atoms. The maximum absolute atomic E-state index is 13.5. The molecular weight excluding hydrogens is 488 g/mol. The third kappa shape index (κ3) is 7.03. The number of amides is 1. The predicted molar refractivity (Wildman–Crippen MR) is 148 cm³/mol. The van der Waals surface area contributed by atoms with Crippen molar-refractivity contribution in [2.45, 2.75) is 64.6 Å². The van der Waals surface area contributed by atoms with Gasteiger partial charge in [0.2, 0.25) is 0 Å². The average Bonchev–Trinajstić information content (AvgIpc) is 2.87. The molecule has 0 saturated carbocycles. The average molecular weight is 529 g/mol. The van der Waals surface area contributed by atoms with Crippen LogP contribution in [0.5, 0.6) is 5.75 Å². The van der Waals surface area contributed by atoms with E-state index in [1.54, 1.807) is 0 Å². The topological polar surface area (TPSA) is 77.1 Å². The summed E-state index contributed by atoms with van der Waals surface area (Å²) >= 11 is 6.06. The zero-order valence-electron chi connectivity index (χ0n) is 22.4. The number of carbonyl (C=O) groups is 1. The van der Waals surface area contributed by atoms with Gasteiger partial charge in [0.05, 0.1) is 5.56 Å². The number of rotatable bonds is 7. The molecule has 3 N–H and O–H groups in total. The summed E-state index contributed by atoms with van der Waals surface area (Å²) in [6.07, 6.45) is 0.788. The number of carbonyl (C=O) groups excluding carboxylic acids is 1. The second-order valence-electron chi connectivity index (χ2n) is 10.8. The minimum absolute atomic E-state index is 0.124. The molecule has 2 aromatic carbocycles. The minimum Gasteiger partial charge on any atom is -0.487 e. The highest BCUT2D eigenvalue weighted by molar-refractivity contribution is 6.30. The normalized spacial score (nSPS) is 23.3. The van der Waals surface area contributed by atoms with E-state index < -0.39 is 6.23 Å². The fourth-order valence-corrected chi connectivity index (χ4v) is 5.40. The zero-order chi connectivity index (χ0) is 26.5. The lowest BCUT2D eigenvalue weighted by molar-refractivity contribution is -0.0529. The van der Waals surface area contributed by atoms with E-state index in [2.05, 4.69) is 48.3 Å². The van der Waals surface area contributed by atoms with Gasteiger partial charge in [-0.15, -0.1) is 0 Å². The Kier molecular flexibility index (Phi) is 9.48. The smallest absolute Gasteiger partial charge is 0.255 e. The first-order valence-electron chi connectivity index (χ1n) is 13.4. The third-order valence-electron chi connectivity index (χ3n) is 7.48. The first kappa shape index (κ1) is 27.9. The summed E-state index contributed by atoms with van der Waals surface area (Å²) in [6.45, 7) is 10.3. The quantitative estimate of drug-likeness (QED) is 0.503. The second-order valence-corrected chi connectivity index (χ2v) is 11.3.